The zero-order chi connectivity index (χ0) is 18.2. The maximum Gasteiger partial charge on any atom is 0.315 e. The van der Waals surface area contributed by atoms with Gasteiger partial charge in [0.15, 0.2) is 5.75 Å². The van der Waals surface area contributed by atoms with Gasteiger partial charge >= 0.3 is 5.69 Å². The van der Waals surface area contributed by atoms with E-state index in [-0.39, 0.29) is 24.7 Å². The van der Waals surface area contributed by atoms with Crippen molar-refractivity contribution in [3.05, 3.63) is 63.7 Å². The number of amides is 1. The highest BCUT2D eigenvalue weighted by atomic mass is 16.6. The minimum atomic E-state index is -0.719. The fraction of sp³-hybridized carbons (Fsp3) is 0.176. The number of ether oxygens (including phenoxy) is 1. The van der Waals surface area contributed by atoms with Crippen molar-refractivity contribution in [1.29, 1.82) is 0 Å². The molecule has 0 radical (unpaired) electrons. The summed E-state index contributed by atoms with van der Waals surface area (Å²) in [7, 11) is 0. The maximum absolute atomic E-state index is 11.8. The zero-order valence-electron chi connectivity index (χ0n) is 13.5. The van der Waals surface area contributed by atoms with E-state index in [4.69, 9.17) is 4.74 Å². The van der Waals surface area contributed by atoms with Gasteiger partial charge in [0.05, 0.1) is 24.2 Å². The molecule has 0 aliphatic rings. The van der Waals surface area contributed by atoms with Gasteiger partial charge in [-0.05, 0) is 18.6 Å². The molecule has 0 aliphatic carbocycles. The number of nitrogens with zero attached hydrogens (tertiary/aromatic N) is 2. The molecule has 8 nitrogen and oxygen atoms in total. The van der Waals surface area contributed by atoms with Crippen LogP contribution in [0.4, 0.5) is 5.69 Å². The van der Waals surface area contributed by atoms with Gasteiger partial charge in [-0.1, -0.05) is 30.3 Å². The highest BCUT2D eigenvalue weighted by molar-refractivity contribution is 5.85. The lowest BCUT2D eigenvalue weighted by atomic mass is 10.1. The molecule has 0 aliphatic heterocycles. The van der Waals surface area contributed by atoms with Gasteiger partial charge in [-0.25, -0.2) is 5.43 Å². The smallest absolute Gasteiger partial charge is 0.315 e. The van der Waals surface area contributed by atoms with Gasteiger partial charge in [-0.15, -0.1) is 0 Å². The van der Waals surface area contributed by atoms with Crippen LogP contribution in [-0.4, -0.2) is 28.8 Å². The average molecular weight is 343 g/mol. The summed E-state index contributed by atoms with van der Waals surface area (Å²) < 4.78 is 5.17. The number of phenolic OH excluding ortho intramolecular Hbond substituents is 1. The number of carbonyl (C=O) groups excluding carboxylic acids is 1. The number of nitro groups is 1. The van der Waals surface area contributed by atoms with Gasteiger partial charge in [-0.3, -0.25) is 14.9 Å². The Balaban J connectivity index is 2.09. The molecule has 1 amide bonds. The van der Waals surface area contributed by atoms with Crippen LogP contribution in [0, 0.1) is 10.1 Å². The van der Waals surface area contributed by atoms with Crippen LogP contribution in [0.3, 0.4) is 0 Å². The molecule has 2 N–H and O–H groups in total. The van der Waals surface area contributed by atoms with Crippen LogP contribution in [0.2, 0.25) is 0 Å². The Labute approximate surface area is 143 Å². The van der Waals surface area contributed by atoms with E-state index in [2.05, 4.69) is 10.5 Å². The second-order valence-electron chi connectivity index (χ2n) is 5.03. The number of carbonyl (C=O) groups is 1. The molecular formula is C17H17N3O5. The molecule has 0 unspecified atom stereocenters. The average Bonchev–Trinajstić information content (AvgIpc) is 2.58. The van der Waals surface area contributed by atoms with E-state index < -0.39 is 16.4 Å². The molecule has 0 heterocycles. The molecule has 0 fully saturated rings. The second-order valence-corrected chi connectivity index (χ2v) is 5.03. The van der Waals surface area contributed by atoms with E-state index >= 15 is 0 Å². The number of rotatable bonds is 7. The molecular weight excluding hydrogens is 326 g/mol. The van der Waals surface area contributed by atoms with E-state index in [1.165, 1.54) is 12.3 Å². The lowest BCUT2D eigenvalue weighted by Gasteiger charge is -2.07. The molecule has 0 atom stereocenters. The van der Waals surface area contributed by atoms with Crippen molar-refractivity contribution in [3.63, 3.8) is 0 Å². The molecule has 0 saturated heterocycles. The van der Waals surface area contributed by atoms with Crippen molar-refractivity contribution in [2.75, 3.05) is 6.61 Å². The summed E-state index contributed by atoms with van der Waals surface area (Å²) >= 11 is 0. The Morgan fingerprint density at radius 1 is 1.36 bits per heavy atom. The van der Waals surface area contributed by atoms with Gasteiger partial charge in [0, 0.05) is 11.6 Å². The first-order valence-electron chi connectivity index (χ1n) is 7.51. The normalized spacial score (nSPS) is 10.6. The molecule has 0 saturated carbocycles. The van der Waals surface area contributed by atoms with E-state index in [9.17, 15) is 20.0 Å². The van der Waals surface area contributed by atoms with Crippen molar-refractivity contribution >= 4 is 17.8 Å². The summed E-state index contributed by atoms with van der Waals surface area (Å²) in [5.74, 6) is -0.883. The molecule has 8 heteroatoms. The summed E-state index contributed by atoms with van der Waals surface area (Å²) in [5, 5.41) is 24.6. The number of aromatic hydroxyl groups is 1. The first kappa shape index (κ1) is 17.9. The molecule has 2 rings (SSSR count). The fourth-order valence-electron chi connectivity index (χ4n) is 2.09. The number of benzene rings is 2. The quantitative estimate of drug-likeness (QED) is 0.455. The van der Waals surface area contributed by atoms with E-state index in [1.807, 2.05) is 30.3 Å². The van der Waals surface area contributed by atoms with Gasteiger partial charge in [0.2, 0.25) is 11.7 Å². The van der Waals surface area contributed by atoms with Crippen LogP contribution in [0.15, 0.2) is 47.6 Å². The van der Waals surface area contributed by atoms with Crippen molar-refractivity contribution in [2.45, 2.75) is 13.3 Å². The topological polar surface area (TPSA) is 114 Å². The minimum Gasteiger partial charge on any atom is -0.500 e. The van der Waals surface area contributed by atoms with Gasteiger partial charge in [0.25, 0.3) is 0 Å². The van der Waals surface area contributed by atoms with E-state index in [0.29, 0.717) is 5.56 Å². The van der Waals surface area contributed by atoms with Gasteiger partial charge in [-0.2, -0.15) is 5.10 Å². The summed E-state index contributed by atoms with van der Waals surface area (Å²) in [6.45, 7) is 1.93. The van der Waals surface area contributed by atoms with E-state index in [0.717, 1.165) is 11.6 Å². The number of nitrogens with one attached hydrogen (secondary N) is 1. The molecule has 2 aromatic rings. The third-order valence-electron chi connectivity index (χ3n) is 3.18. The number of hydrazone groups is 1. The second kappa shape index (κ2) is 8.44. The predicted molar refractivity (Wildman–Crippen MR) is 91.8 cm³/mol. The number of hydrogen-bond donors (Lipinski definition) is 2. The van der Waals surface area contributed by atoms with Crippen LogP contribution < -0.4 is 10.2 Å². The third-order valence-corrected chi connectivity index (χ3v) is 3.18. The minimum absolute atomic E-state index is 0.0197. The van der Waals surface area contributed by atoms with Crippen molar-refractivity contribution in [2.24, 2.45) is 5.10 Å². The number of phenols is 1. The fourth-order valence-corrected chi connectivity index (χ4v) is 2.09. The van der Waals surface area contributed by atoms with Crippen LogP contribution in [0.25, 0.3) is 0 Å². The van der Waals surface area contributed by atoms with Crippen LogP contribution >= 0.6 is 0 Å². The summed E-state index contributed by atoms with van der Waals surface area (Å²) in [5.41, 5.74) is 3.01. The largest absolute Gasteiger partial charge is 0.500 e. The van der Waals surface area contributed by atoms with Gasteiger partial charge < -0.3 is 9.84 Å². The van der Waals surface area contributed by atoms with Gasteiger partial charge in [0.1, 0.15) is 0 Å². The number of nitro benzene ring substituents is 1. The lowest BCUT2D eigenvalue weighted by Crippen LogP contribution is -2.19. The van der Waals surface area contributed by atoms with Crippen molar-refractivity contribution in [1.82, 2.24) is 5.43 Å². The number of hydrogen-bond acceptors (Lipinski definition) is 6. The van der Waals surface area contributed by atoms with Crippen molar-refractivity contribution in [3.8, 4) is 11.5 Å². The van der Waals surface area contributed by atoms with Crippen LogP contribution in [0.1, 0.15) is 18.1 Å². The Hall–Kier alpha value is -3.42. The Bertz CT molecular complexity index is 790. The SMILES string of the molecule is CCOc1cc(/C=N/NC(=O)Cc2ccccc2)cc([N+](=O)[O-])c1O. The Kier molecular flexibility index (Phi) is 6.05. The molecule has 0 aromatic heterocycles. The maximum atomic E-state index is 11.8. The summed E-state index contributed by atoms with van der Waals surface area (Å²) in [4.78, 5) is 22.1. The lowest BCUT2D eigenvalue weighted by molar-refractivity contribution is -0.386. The molecule has 0 spiro atoms. The predicted octanol–water partition coefficient (Wildman–Crippen LogP) is 2.39. The van der Waals surface area contributed by atoms with Crippen LogP contribution in [-0.2, 0) is 11.2 Å². The van der Waals surface area contributed by atoms with E-state index in [1.54, 1.807) is 6.92 Å². The molecule has 2 aromatic carbocycles. The standard InChI is InChI=1S/C17H17N3O5/c1-2-25-15-9-13(8-14(17(15)22)20(23)24)11-18-19-16(21)10-12-6-4-3-5-7-12/h3-9,11,22H,2,10H2,1H3,(H,19,21)/b18-11+. The zero-order valence-corrected chi connectivity index (χ0v) is 13.5. The molecule has 25 heavy (non-hydrogen) atoms. The highest BCUT2D eigenvalue weighted by Crippen LogP contribution is 2.36. The first-order chi connectivity index (χ1) is 12.0. The summed E-state index contributed by atoms with van der Waals surface area (Å²) in [6.07, 6.45) is 1.41. The monoisotopic (exact) mass is 343 g/mol. The summed E-state index contributed by atoms with van der Waals surface area (Å²) in [6, 6.07) is 11.7. The molecule has 130 valence electrons. The van der Waals surface area contributed by atoms with Crippen LogP contribution in [0.5, 0.6) is 11.5 Å². The Morgan fingerprint density at radius 3 is 2.72 bits per heavy atom. The highest BCUT2D eigenvalue weighted by Gasteiger charge is 2.19. The van der Waals surface area contributed by atoms with Crippen molar-refractivity contribution < 1.29 is 19.6 Å². The first-order valence-corrected chi connectivity index (χ1v) is 7.51. The Morgan fingerprint density at radius 2 is 2.08 bits per heavy atom. The third kappa shape index (κ3) is 5.03. The molecule has 0 bridgehead atoms.